The van der Waals surface area contributed by atoms with Crippen molar-refractivity contribution in [1.29, 1.82) is 0 Å². The summed E-state index contributed by atoms with van der Waals surface area (Å²) in [4.78, 5) is 4.46. The summed E-state index contributed by atoms with van der Waals surface area (Å²) in [6, 6.07) is 4.07. The molecule has 0 radical (unpaired) electrons. The third-order valence-corrected chi connectivity index (χ3v) is 3.24. The van der Waals surface area contributed by atoms with Crippen LogP contribution in [-0.4, -0.2) is 43.0 Å². The van der Waals surface area contributed by atoms with Crippen LogP contribution in [0.25, 0.3) is 11.0 Å². The zero-order chi connectivity index (χ0) is 14.2. The Morgan fingerprint density at radius 3 is 3.00 bits per heavy atom. The van der Waals surface area contributed by atoms with Crippen LogP contribution in [0.3, 0.4) is 0 Å². The fourth-order valence-electron chi connectivity index (χ4n) is 2.29. The predicted octanol–water partition coefficient (Wildman–Crippen LogP) is 1.59. The van der Waals surface area contributed by atoms with Gasteiger partial charge < -0.3 is 19.8 Å². The molecule has 2 rings (SSSR count). The molecule has 0 amide bonds. The van der Waals surface area contributed by atoms with Crippen molar-refractivity contribution in [2.24, 2.45) is 5.73 Å². The van der Waals surface area contributed by atoms with Crippen molar-refractivity contribution >= 4 is 11.0 Å². The Labute approximate surface area is 119 Å². The molecule has 0 saturated carbocycles. The summed E-state index contributed by atoms with van der Waals surface area (Å²) in [5, 5.41) is 1.19. The molecule has 2 N–H and O–H groups in total. The average Bonchev–Trinajstić information content (AvgIpc) is 2.82. The molecule has 2 heterocycles. The fourth-order valence-corrected chi connectivity index (χ4v) is 2.29. The Morgan fingerprint density at radius 2 is 2.20 bits per heavy atom. The molecule has 20 heavy (non-hydrogen) atoms. The smallest absolute Gasteiger partial charge is 0.140 e. The van der Waals surface area contributed by atoms with Gasteiger partial charge in [-0.1, -0.05) is 0 Å². The molecule has 0 atom stereocenters. The second-order valence-electron chi connectivity index (χ2n) is 4.72. The summed E-state index contributed by atoms with van der Waals surface area (Å²) in [6.07, 6.45) is 5.77. The van der Waals surface area contributed by atoms with Gasteiger partial charge in [-0.25, -0.2) is 4.98 Å². The maximum absolute atomic E-state index is 5.66. The molecule has 0 saturated heterocycles. The first-order valence-corrected chi connectivity index (χ1v) is 7.06. The van der Waals surface area contributed by atoms with E-state index in [1.54, 1.807) is 7.11 Å². The number of nitrogens with zero attached hydrogens (tertiary/aromatic N) is 2. The van der Waals surface area contributed by atoms with Gasteiger partial charge in [-0.3, -0.25) is 0 Å². The first-order valence-electron chi connectivity index (χ1n) is 7.06. The maximum Gasteiger partial charge on any atom is 0.140 e. The molecule has 0 aliphatic carbocycles. The highest BCUT2D eigenvalue weighted by Crippen LogP contribution is 2.19. The number of hydrogen-bond acceptors (Lipinski definition) is 4. The van der Waals surface area contributed by atoms with Gasteiger partial charge in [-0.15, -0.1) is 0 Å². The van der Waals surface area contributed by atoms with Gasteiger partial charge in [0, 0.05) is 44.6 Å². The van der Waals surface area contributed by atoms with Gasteiger partial charge in [0.25, 0.3) is 0 Å². The maximum atomic E-state index is 5.66. The first kappa shape index (κ1) is 15.0. The number of methoxy groups -OCH3 is 1. The molecule has 110 valence electrons. The molecular weight excluding hydrogens is 254 g/mol. The SMILES string of the molecule is COCCCOCCn1cc(CCN)c2cccnc21. The first-order chi connectivity index (χ1) is 9.86. The molecule has 0 aromatic carbocycles. The number of hydrogen-bond donors (Lipinski definition) is 1. The van der Waals surface area contributed by atoms with Crippen LogP contribution in [0.2, 0.25) is 0 Å². The third-order valence-electron chi connectivity index (χ3n) is 3.24. The number of rotatable bonds is 9. The third kappa shape index (κ3) is 3.79. The minimum Gasteiger partial charge on any atom is -0.385 e. The molecular formula is C15H23N3O2. The Balaban J connectivity index is 1.95. The van der Waals surface area contributed by atoms with Crippen LogP contribution >= 0.6 is 0 Å². The van der Waals surface area contributed by atoms with Crippen LogP contribution in [0.15, 0.2) is 24.5 Å². The van der Waals surface area contributed by atoms with Gasteiger partial charge in [0.15, 0.2) is 0 Å². The van der Waals surface area contributed by atoms with E-state index in [2.05, 4.69) is 21.8 Å². The lowest BCUT2D eigenvalue weighted by Crippen LogP contribution is -2.07. The lowest BCUT2D eigenvalue weighted by molar-refractivity contribution is 0.0981. The van der Waals surface area contributed by atoms with E-state index < -0.39 is 0 Å². The van der Waals surface area contributed by atoms with E-state index in [0.717, 1.165) is 38.2 Å². The second kappa shape index (κ2) is 7.99. The van der Waals surface area contributed by atoms with Crippen LogP contribution in [0.4, 0.5) is 0 Å². The van der Waals surface area contributed by atoms with E-state index in [0.29, 0.717) is 13.2 Å². The van der Waals surface area contributed by atoms with E-state index in [9.17, 15) is 0 Å². The lowest BCUT2D eigenvalue weighted by atomic mass is 10.2. The molecule has 2 aromatic rings. The van der Waals surface area contributed by atoms with Crippen molar-refractivity contribution in [2.75, 3.05) is 33.5 Å². The van der Waals surface area contributed by atoms with Gasteiger partial charge in [-0.2, -0.15) is 0 Å². The van der Waals surface area contributed by atoms with E-state index in [1.807, 2.05) is 12.3 Å². The largest absolute Gasteiger partial charge is 0.385 e. The normalized spacial score (nSPS) is 11.3. The van der Waals surface area contributed by atoms with Crippen LogP contribution in [0, 0.1) is 0 Å². The van der Waals surface area contributed by atoms with Crippen molar-refractivity contribution in [3.63, 3.8) is 0 Å². The van der Waals surface area contributed by atoms with Crippen LogP contribution in [0.5, 0.6) is 0 Å². The Kier molecular flexibility index (Phi) is 5.98. The van der Waals surface area contributed by atoms with Crippen molar-refractivity contribution < 1.29 is 9.47 Å². The van der Waals surface area contributed by atoms with Crippen LogP contribution < -0.4 is 5.73 Å². The van der Waals surface area contributed by atoms with E-state index >= 15 is 0 Å². The summed E-state index contributed by atoms with van der Waals surface area (Å²) in [5.74, 6) is 0. The molecule has 0 bridgehead atoms. The van der Waals surface area contributed by atoms with Gasteiger partial charge in [0.05, 0.1) is 6.61 Å². The highest BCUT2D eigenvalue weighted by Gasteiger charge is 2.08. The minimum atomic E-state index is 0.654. The molecule has 0 spiro atoms. The Bertz CT molecular complexity index is 525. The monoisotopic (exact) mass is 277 g/mol. The van der Waals surface area contributed by atoms with Gasteiger partial charge in [-0.05, 0) is 37.1 Å². The molecule has 0 aliphatic rings. The highest BCUT2D eigenvalue weighted by atomic mass is 16.5. The zero-order valence-electron chi connectivity index (χ0n) is 12.0. The van der Waals surface area contributed by atoms with Crippen LogP contribution in [0.1, 0.15) is 12.0 Å². The van der Waals surface area contributed by atoms with Crippen LogP contribution in [-0.2, 0) is 22.4 Å². The molecule has 2 aromatic heterocycles. The number of pyridine rings is 1. The summed E-state index contributed by atoms with van der Waals surface area (Å²) >= 11 is 0. The van der Waals surface area contributed by atoms with Crippen molar-refractivity contribution in [1.82, 2.24) is 9.55 Å². The standard InChI is InChI=1S/C15H23N3O2/c1-19-9-3-10-20-11-8-18-12-13(5-6-16)14-4-2-7-17-15(14)18/h2,4,7,12H,3,5-6,8-11,16H2,1H3. The minimum absolute atomic E-state index is 0.654. The highest BCUT2D eigenvalue weighted by molar-refractivity contribution is 5.80. The number of fused-ring (bicyclic) bond motifs is 1. The summed E-state index contributed by atoms with van der Waals surface area (Å²) in [6.45, 7) is 3.63. The van der Waals surface area contributed by atoms with E-state index in [1.165, 1.54) is 10.9 Å². The van der Waals surface area contributed by atoms with E-state index in [4.69, 9.17) is 15.2 Å². The molecule has 5 heteroatoms. The molecule has 0 fully saturated rings. The van der Waals surface area contributed by atoms with Gasteiger partial charge in [0.1, 0.15) is 5.65 Å². The number of nitrogens with two attached hydrogens (primary N) is 1. The molecule has 5 nitrogen and oxygen atoms in total. The van der Waals surface area contributed by atoms with Gasteiger partial charge in [0.2, 0.25) is 0 Å². The summed E-state index contributed by atoms with van der Waals surface area (Å²) in [7, 11) is 1.70. The second-order valence-corrected chi connectivity index (χ2v) is 4.72. The lowest BCUT2D eigenvalue weighted by Gasteiger charge is -2.06. The Hall–Kier alpha value is -1.43. The number of ether oxygens (including phenoxy) is 2. The average molecular weight is 277 g/mol. The fraction of sp³-hybridized carbons (Fsp3) is 0.533. The van der Waals surface area contributed by atoms with Crippen molar-refractivity contribution in [3.05, 3.63) is 30.1 Å². The van der Waals surface area contributed by atoms with Crippen molar-refractivity contribution in [2.45, 2.75) is 19.4 Å². The van der Waals surface area contributed by atoms with E-state index in [-0.39, 0.29) is 0 Å². The number of aromatic nitrogens is 2. The van der Waals surface area contributed by atoms with Gasteiger partial charge >= 0.3 is 0 Å². The van der Waals surface area contributed by atoms with Crippen molar-refractivity contribution in [3.8, 4) is 0 Å². The summed E-state index contributed by atoms with van der Waals surface area (Å²) < 4.78 is 12.7. The molecule has 0 unspecified atom stereocenters. The summed E-state index contributed by atoms with van der Waals surface area (Å²) in [5.41, 5.74) is 7.93. The molecule has 0 aliphatic heterocycles. The Morgan fingerprint density at radius 1 is 1.30 bits per heavy atom. The predicted molar refractivity (Wildman–Crippen MR) is 79.8 cm³/mol. The topological polar surface area (TPSA) is 62.3 Å². The quantitative estimate of drug-likeness (QED) is 0.707. The zero-order valence-corrected chi connectivity index (χ0v) is 12.0.